The lowest BCUT2D eigenvalue weighted by molar-refractivity contribution is -0.128. The molecule has 1 saturated heterocycles. The van der Waals surface area contributed by atoms with Gasteiger partial charge in [-0.1, -0.05) is 24.6 Å². The molecule has 5 nitrogen and oxygen atoms in total. The minimum atomic E-state index is -0.0947. The maximum absolute atomic E-state index is 13.0. The Balaban J connectivity index is 1.38. The van der Waals surface area contributed by atoms with Crippen LogP contribution in [0, 0.1) is 17.8 Å². The second kappa shape index (κ2) is 8.01. The molecular formula is C22H31N3O2. The van der Waals surface area contributed by atoms with E-state index >= 15 is 0 Å². The number of fused-ring (bicyclic) bond motifs is 2. The van der Waals surface area contributed by atoms with E-state index in [1.54, 1.807) is 0 Å². The van der Waals surface area contributed by atoms with E-state index < -0.39 is 0 Å². The van der Waals surface area contributed by atoms with Gasteiger partial charge in [-0.25, -0.2) is 0 Å². The fourth-order valence-electron chi connectivity index (χ4n) is 5.45. The molecule has 0 spiro atoms. The fraction of sp³-hybridized carbons (Fsp3) is 0.636. The Morgan fingerprint density at radius 3 is 2.41 bits per heavy atom. The van der Waals surface area contributed by atoms with E-state index in [4.69, 9.17) is 5.73 Å². The van der Waals surface area contributed by atoms with Gasteiger partial charge in [0.25, 0.3) is 5.91 Å². The van der Waals surface area contributed by atoms with Crippen molar-refractivity contribution < 1.29 is 9.59 Å². The lowest BCUT2D eigenvalue weighted by Gasteiger charge is -2.46. The average molecular weight is 370 g/mol. The molecule has 3 fully saturated rings. The van der Waals surface area contributed by atoms with Crippen LogP contribution in [0.25, 0.3) is 0 Å². The average Bonchev–Trinajstić information content (AvgIpc) is 2.69. The normalized spacial score (nSPS) is 33.4. The molecule has 1 aromatic rings. The van der Waals surface area contributed by atoms with Gasteiger partial charge in [0.15, 0.2) is 0 Å². The van der Waals surface area contributed by atoms with Crippen LogP contribution in [-0.2, 0) is 4.79 Å². The van der Waals surface area contributed by atoms with Gasteiger partial charge in [0.1, 0.15) is 0 Å². The van der Waals surface area contributed by atoms with Crippen molar-refractivity contribution >= 4 is 11.8 Å². The Morgan fingerprint density at radius 2 is 1.70 bits per heavy atom. The second-order valence-electron chi connectivity index (χ2n) is 8.67. The Bertz CT molecular complexity index is 663. The van der Waals surface area contributed by atoms with Gasteiger partial charge in [-0.15, -0.1) is 0 Å². The third kappa shape index (κ3) is 4.03. The van der Waals surface area contributed by atoms with Crippen molar-refractivity contribution in [1.29, 1.82) is 0 Å². The number of piperidine rings is 1. The Labute approximate surface area is 161 Å². The zero-order chi connectivity index (χ0) is 18.8. The number of amides is 2. The summed E-state index contributed by atoms with van der Waals surface area (Å²) in [6.45, 7) is 1.27. The minimum Gasteiger partial charge on any atom is -0.353 e. The van der Waals surface area contributed by atoms with Crippen LogP contribution < -0.4 is 11.1 Å². The highest BCUT2D eigenvalue weighted by molar-refractivity contribution is 5.94. The van der Waals surface area contributed by atoms with Crippen LogP contribution >= 0.6 is 0 Å². The standard InChI is InChI=1S/C22H31N3O2/c23-19-12-16-8-4-9-17(13-19)20(16)24-21(26)18-10-5-11-25(14-18)22(27)15-6-2-1-3-7-15/h1-3,6-7,16-20H,4-5,8-14,23H2,(H,24,26). The Hall–Kier alpha value is -1.88. The topological polar surface area (TPSA) is 75.4 Å². The third-order valence-electron chi connectivity index (χ3n) is 6.79. The van der Waals surface area contributed by atoms with E-state index in [2.05, 4.69) is 5.32 Å². The van der Waals surface area contributed by atoms with Gasteiger partial charge < -0.3 is 16.0 Å². The maximum atomic E-state index is 13.0. The minimum absolute atomic E-state index is 0.0357. The van der Waals surface area contributed by atoms with Crippen molar-refractivity contribution in [3.8, 4) is 0 Å². The molecule has 5 heteroatoms. The molecule has 2 amide bonds. The molecule has 3 atom stereocenters. The first-order valence-corrected chi connectivity index (χ1v) is 10.5. The largest absolute Gasteiger partial charge is 0.353 e. The fourth-order valence-corrected chi connectivity index (χ4v) is 5.45. The molecule has 0 radical (unpaired) electrons. The highest BCUT2D eigenvalue weighted by Gasteiger charge is 2.41. The Kier molecular flexibility index (Phi) is 5.48. The second-order valence-corrected chi connectivity index (χ2v) is 8.67. The van der Waals surface area contributed by atoms with Crippen LogP contribution in [0.5, 0.6) is 0 Å². The molecule has 4 rings (SSSR count). The molecular weight excluding hydrogens is 338 g/mol. The number of rotatable bonds is 3. The molecule has 0 aromatic heterocycles. The van der Waals surface area contributed by atoms with Gasteiger partial charge in [-0.2, -0.15) is 0 Å². The van der Waals surface area contributed by atoms with Crippen LogP contribution in [0.4, 0.5) is 0 Å². The lowest BCUT2D eigenvalue weighted by Crippen LogP contribution is -2.56. The van der Waals surface area contributed by atoms with Crippen molar-refractivity contribution in [2.24, 2.45) is 23.5 Å². The number of nitrogens with one attached hydrogen (secondary N) is 1. The summed E-state index contributed by atoms with van der Waals surface area (Å²) in [5.74, 6) is 1.14. The number of hydrogen-bond acceptors (Lipinski definition) is 3. The summed E-state index contributed by atoms with van der Waals surface area (Å²) in [6.07, 6.45) is 7.44. The lowest BCUT2D eigenvalue weighted by atomic mass is 9.67. The summed E-state index contributed by atoms with van der Waals surface area (Å²) in [4.78, 5) is 27.6. The van der Waals surface area contributed by atoms with Crippen LogP contribution in [0.1, 0.15) is 55.3 Å². The van der Waals surface area contributed by atoms with Crippen molar-refractivity contribution in [3.05, 3.63) is 35.9 Å². The summed E-state index contributed by atoms with van der Waals surface area (Å²) < 4.78 is 0. The molecule has 3 aliphatic rings. The Morgan fingerprint density at radius 1 is 1.00 bits per heavy atom. The highest BCUT2D eigenvalue weighted by Crippen LogP contribution is 2.39. The molecule has 27 heavy (non-hydrogen) atoms. The van der Waals surface area contributed by atoms with E-state index in [0.717, 1.165) is 32.2 Å². The summed E-state index contributed by atoms with van der Waals surface area (Å²) in [5, 5.41) is 3.38. The van der Waals surface area contributed by atoms with Crippen molar-refractivity contribution in [1.82, 2.24) is 10.2 Å². The molecule has 1 heterocycles. The van der Waals surface area contributed by atoms with E-state index in [1.165, 1.54) is 19.3 Å². The molecule has 3 unspecified atom stereocenters. The van der Waals surface area contributed by atoms with Gasteiger partial charge >= 0.3 is 0 Å². The maximum Gasteiger partial charge on any atom is 0.253 e. The van der Waals surface area contributed by atoms with Gasteiger partial charge in [-0.3, -0.25) is 9.59 Å². The van der Waals surface area contributed by atoms with Gasteiger partial charge in [0, 0.05) is 30.7 Å². The summed E-state index contributed by atoms with van der Waals surface area (Å²) in [7, 11) is 0. The van der Waals surface area contributed by atoms with Gasteiger partial charge in [0.2, 0.25) is 5.91 Å². The van der Waals surface area contributed by atoms with Gasteiger partial charge in [-0.05, 0) is 62.5 Å². The van der Waals surface area contributed by atoms with Crippen molar-refractivity contribution in [2.45, 2.75) is 57.0 Å². The number of carbonyl (C=O) groups excluding carboxylic acids is 2. The number of benzene rings is 1. The summed E-state index contributed by atoms with van der Waals surface area (Å²) >= 11 is 0. The first kappa shape index (κ1) is 18.5. The van der Waals surface area contributed by atoms with Crippen LogP contribution in [0.3, 0.4) is 0 Å². The molecule has 3 N–H and O–H groups in total. The van der Waals surface area contributed by atoms with E-state index in [0.29, 0.717) is 30.0 Å². The molecule has 2 bridgehead atoms. The number of nitrogens with zero attached hydrogens (tertiary/aromatic N) is 1. The molecule has 146 valence electrons. The predicted molar refractivity (Wildman–Crippen MR) is 105 cm³/mol. The number of hydrogen-bond donors (Lipinski definition) is 2. The van der Waals surface area contributed by atoms with Crippen molar-refractivity contribution in [2.75, 3.05) is 13.1 Å². The first-order valence-electron chi connectivity index (χ1n) is 10.5. The summed E-state index contributed by atoms with van der Waals surface area (Å²) in [6, 6.07) is 9.95. The van der Waals surface area contributed by atoms with Gasteiger partial charge in [0.05, 0.1) is 5.92 Å². The number of likely N-dealkylation sites (tertiary alicyclic amines) is 1. The molecule has 2 aliphatic carbocycles. The zero-order valence-electron chi connectivity index (χ0n) is 16.0. The third-order valence-corrected chi connectivity index (χ3v) is 6.79. The molecule has 2 saturated carbocycles. The van der Waals surface area contributed by atoms with Crippen LogP contribution in [-0.4, -0.2) is 41.9 Å². The van der Waals surface area contributed by atoms with E-state index in [1.807, 2.05) is 35.2 Å². The number of carbonyl (C=O) groups is 2. The zero-order valence-corrected chi connectivity index (χ0v) is 16.0. The highest BCUT2D eigenvalue weighted by atomic mass is 16.2. The van der Waals surface area contributed by atoms with E-state index in [9.17, 15) is 9.59 Å². The monoisotopic (exact) mass is 369 g/mol. The van der Waals surface area contributed by atoms with Crippen LogP contribution in [0.2, 0.25) is 0 Å². The van der Waals surface area contributed by atoms with Crippen LogP contribution in [0.15, 0.2) is 30.3 Å². The molecule has 1 aromatic carbocycles. The first-order chi connectivity index (χ1) is 13.1. The summed E-state index contributed by atoms with van der Waals surface area (Å²) in [5.41, 5.74) is 6.91. The molecule has 1 aliphatic heterocycles. The SMILES string of the molecule is NC1CC2CCCC(C1)C2NC(=O)C1CCCN(C(=O)c2ccccc2)C1. The van der Waals surface area contributed by atoms with E-state index in [-0.39, 0.29) is 23.8 Å². The number of nitrogens with two attached hydrogens (primary N) is 1. The smallest absolute Gasteiger partial charge is 0.253 e. The van der Waals surface area contributed by atoms with Crippen molar-refractivity contribution in [3.63, 3.8) is 0 Å². The predicted octanol–water partition coefficient (Wildman–Crippen LogP) is 2.56. The quantitative estimate of drug-likeness (QED) is 0.860.